The maximum absolute atomic E-state index is 6.28. The van der Waals surface area contributed by atoms with Crippen LogP contribution in [-0.4, -0.2) is 19.4 Å². The van der Waals surface area contributed by atoms with Crippen molar-refractivity contribution in [1.82, 2.24) is 0 Å². The van der Waals surface area contributed by atoms with Crippen LogP contribution in [0.15, 0.2) is 62.7 Å². The zero-order valence-electron chi connectivity index (χ0n) is 15.3. The SMILES string of the molecule is ClC(Cl)=CCON=Cc1cccc(COc2c(Cl)cc(OCC=C(Cl)Cl)cc2Cl)c1. The normalized spacial score (nSPS) is 10.6. The number of rotatable bonds is 10. The van der Waals surface area contributed by atoms with Crippen LogP contribution in [0.3, 0.4) is 0 Å². The Hall–Kier alpha value is -1.27. The van der Waals surface area contributed by atoms with Gasteiger partial charge in [0, 0.05) is 12.1 Å². The summed E-state index contributed by atoms with van der Waals surface area (Å²) in [5, 5.41) is 4.47. The summed E-state index contributed by atoms with van der Waals surface area (Å²) in [6, 6.07) is 10.7. The molecule has 160 valence electrons. The molecule has 0 aliphatic carbocycles. The maximum atomic E-state index is 6.28. The van der Waals surface area contributed by atoms with E-state index in [0.717, 1.165) is 11.1 Å². The lowest BCUT2D eigenvalue weighted by molar-refractivity contribution is 0.176. The van der Waals surface area contributed by atoms with Gasteiger partial charge in [-0.05, 0) is 29.3 Å². The Balaban J connectivity index is 1.97. The fourth-order valence-corrected chi connectivity index (χ4v) is 2.95. The fourth-order valence-electron chi connectivity index (χ4n) is 2.12. The van der Waals surface area contributed by atoms with E-state index in [-0.39, 0.29) is 28.8 Å². The summed E-state index contributed by atoms with van der Waals surface area (Å²) in [7, 11) is 0. The van der Waals surface area contributed by atoms with Crippen molar-refractivity contribution in [3.8, 4) is 11.5 Å². The van der Waals surface area contributed by atoms with Crippen LogP contribution in [0.1, 0.15) is 11.1 Å². The van der Waals surface area contributed by atoms with Crippen LogP contribution in [-0.2, 0) is 11.4 Å². The number of hydrogen-bond donors (Lipinski definition) is 0. The van der Waals surface area contributed by atoms with Crippen LogP contribution in [0.4, 0.5) is 0 Å². The first-order valence-corrected chi connectivity index (χ1v) is 10.6. The van der Waals surface area contributed by atoms with E-state index in [2.05, 4.69) is 5.16 Å². The highest BCUT2D eigenvalue weighted by atomic mass is 35.5. The molecule has 0 saturated heterocycles. The molecule has 0 saturated carbocycles. The average Bonchev–Trinajstić information content (AvgIpc) is 2.67. The van der Waals surface area contributed by atoms with Crippen molar-refractivity contribution >= 4 is 75.8 Å². The lowest BCUT2D eigenvalue weighted by atomic mass is 10.1. The van der Waals surface area contributed by atoms with Crippen molar-refractivity contribution in [2.75, 3.05) is 13.2 Å². The Morgan fingerprint density at radius 1 is 0.867 bits per heavy atom. The zero-order chi connectivity index (χ0) is 21.9. The van der Waals surface area contributed by atoms with E-state index in [4.69, 9.17) is 83.9 Å². The molecule has 10 heteroatoms. The zero-order valence-corrected chi connectivity index (χ0v) is 19.8. The molecule has 2 rings (SSSR count). The summed E-state index contributed by atoms with van der Waals surface area (Å²) < 4.78 is 11.5. The van der Waals surface area contributed by atoms with Crippen molar-refractivity contribution < 1.29 is 14.3 Å². The number of benzene rings is 2. The molecule has 0 aliphatic rings. The molecule has 2 aromatic rings. The Labute approximate surface area is 204 Å². The molecule has 0 aromatic heterocycles. The Bertz CT molecular complexity index is 915. The average molecular weight is 530 g/mol. The van der Waals surface area contributed by atoms with Gasteiger partial charge in [-0.15, -0.1) is 0 Å². The third kappa shape index (κ3) is 9.25. The van der Waals surface area contributed by atoms with Crippen LogP contribution < -0.4 is 9.47 Å². The second-order valence-electron chi connectivity index (χ2n) is 5.58. The molecule has 30 heavy (non-hydrogen) atoms. The number of ether oxygens (including phenoxy) is 2. The van der Waals surface area contributed by atoms with Crippen molar-refractivity contribution in [3.05, 3.63) is 78.7 Å². The molecule has 0 N–H and O–H groups in total. The number of oxime groups is 1. The molecule has 0 atom stereocenters. The van der Waals surface area contributed by atoms with Gasteiger partial charge in [-0.25, -0.2) is 0 Å². The molecule has 2 aromatic carbocycles. The van der Waals surface area contributed by atoms with Crippen LogP contribution in [0.5, 0.6) is 11.5 Å². The quantitative estimate of drug-likeness (QED) is 0.178. The topological polar surface area (TPSA) is 40.0 Å². The van der Waals surface area contributed by atoms with Gasteiger partial charge in [0.25, 0.3) is 0 Å². The molecule has 0 amide bonds. The largest absolute Gasteiger partial charge is 0.489 e. The fraction of sp³-hybridized carbons (Fsp3) is 0.150. The van der Waals surface area contributed by atoms with Crippen molar-refractivity contribution in [2.24, 2.45) is 5.16 Å². The minimum atomic E-state index is 0.113. The molecule has 0 heterocycles. The smallest absolute Gasteiger partial charge is 0.157 e. The molecule has 0 radical (unpaired) electrons. The molecular weight excluding hydrogens is 515 g/mol. The molecule has 4 nitrogen and oxygen atoms in total. The Morgan fingerprint density at radius 3 is 2.20 bits per heavy atom. The van der Waals surface area contributed by atoms with Gasteiger partial charge in [0.1, 0.15) is 34.6 Å². The standard InChI is InChI=1S/C20H15Cl6NO3/c21-16-9-15(28-6-4-18(23)24)10-17(22)20(16)29-12-14-3-1-2-13(8-14)11-27-30-7-5-19(25)26/h1-5,8-11H,6-7,12H2. The lowest BCUT2D eigenvalue weighted by Gasteiger charge is -2.12. The third-order valence-corrected chi connectivity index (χ3v) is 4.56. The van der Waals surface area contributed by atoms with Gasteiger partial charge in [-0.3, -0.25) is 0 Å². The highest BCUT2D eigenvalue weighted by Crippen LogP contribution is 2.37. The highest BCUT2D eigenvalue weighted by molar-refractivity contribution is 6.56. The molecular formula is C20H15Cl6NO3. The van der Waals surface area contributed by atoms with E-state index in [0.29, 0.717) is 21.5 Å². The molecule has 0 unspecified atom stereocenters. The highest BCUT2D eigenvalue weighted by Gasteiger charge is 2.11. The van der Waals surface area contributed by atoms with E-state index >= 15 is 0 Å². The third-order valence-electron chi connectivity index (χ3n) is 3.38. The molecule has 0 aliphatic heterocycles. The van der Waals surface area contributed by atoms with Gasteiger partial charge in [0.05, 0.1) is 16.3 Å². The summed E-state index contributed by atoms with van der Waals surface area (Å²) in [4.78, 5) is 5.03. The van der Waals surface area contributed by atoms with Gasteiger partial charge in [0.2, 0.25) is 0 Å². The van der Waals surface area contributed by atoms with Gasteiger partial charge < -0.3 is 14.3 Å². The first-order chi connectivity index (χ1) is 14.3. The summed E-state index contributed by atoms with van der Waals surface area (Å²) in [5.41, 5.74) is 1.71. The second-order valence-corrected chi connectivity index (χ2v) is 8.41. The van der Waals surface area contributed by atoms with Gasteiger partial charge >= 0.3 is 0 Å². The molecule has 0 spiro atoms. The summed E-state index contributed by atoms with van der Waals surface area (Å²) in [6.45, 7) is 0.605. The number of nitrogens with zero attached hydrogens (tertiary/aromatic N) is 1. The van der Waals surface area contributed by atoms with Gasteiger partial charge in [-0.1, -0.05) is 93.0 Å². The first kappa shape index (κ1) is 25.0. The van der Waals surface area contributed by atoms with E-state index in [9.17, 15) is 0 Å². The van der Waals surface area contributed by atoms with Crippen LogP contribution in [0.2, 0.25) is 10.0 Å². The summed E-state index contributed by atoms with van der Waals surface area (Å²) >= 11 is 34.6. The first-order valence-electron chi connectivity index (χ1n) is 8.36. The molecule has 0 bridgehead atoms. The van der Waals surface area contributed by atoms with Gasteiger partial charge in [0.15, 0.2) is 5.75 Å². The van der Waals surface area contributed by atoms with Crippen molar-refractivity contribution in [2.45, 2.75) is 6.61 Å². The predicted octanol–water partition coefficient (Wildman–Crippen LogP) is 7.94. The van der Waals surface area contributed by atoms with E-state index < -0.39 is 0 Å². The summed E-state index contributed by atoms with van der Waals surface area (Å²) in [6.07, 6.45) is 4.55. The number of halogens is 6. The van der Waals surface area contributed by atoms with Crippen molar-refractivity contribution in [3.63, 3.8) is 0 Å². The predicted molar refractivity (Wildman–Crippen MR) is 126 cm³/mol. The minimum absolute atomic E-state index is 0.113. The Morgan fingerprint density at radius 2 is 1.53 bits per heavy atom. The maximum Gasteiger partial charge on any atom is 0.157 e. The van der Waals surface area contributed by atoms with Crippen molar-refractivity contribution in [1.29, 1.82) is 0 Å². The van der Waals surface area contributed by atoms with Crippen LogP contribution >= 0.6 is 69.6 Å². The number of hydrogen-bond acceptors (Lipinski definition) is 4. The van der Waals surface area contributed by atoms with Gasteiger partial charge in [-0.2, -0.15) is 0 Å². The lowest BCUT2D eigenvalue weighted by Crippen LogP contribution is -1.99. The monoisotopic (exact) mass is 527 g/mol. The van der Waals surface area contributed by atoms with Crippen LogP contribution in [0, 0.1) is 0 Å². The van der Waals surface area contributed by atoms with E-state index in [1.807, 2.05) is 24.3 Å². The van der Waals surface area contributed by atoms with Crippen LogP contribution in [0.25, 0.3) is 0 Å². The Kier molecular flexibility index (Phi) is 11.0. The molecule has 0 fully saturated rings. The summed E-state index contributed by atoms with van der Waals surface area (Å²) in [5.74, 6) is 0.815. The minimum Gasteiger partial charge on any atom is -0.489 e. The van der Waals surface area contributed by atoms with E-state index in [1.165, 1.54) is 12.2 Å². The van der Waals surface area contributed by atoms with E-state index in [1.54, 1.807) is 18.3 Å². The second kappa shape index (κ2) is 13.2.